The van der Waals surface area contributed by atoms with E-state index in [-0.39, 0.29) is 0 Å². The monoisotopic (exact) mass is 221 g/mol. The van der Waals surface area contributed by atoms with E-state index in [1.54, 1.807) is 0 Å². The van der Waals surface area contributed by atoms with Crippen molar-refractivity contribution in [1.29, 1.82) is 0 Å². The fourth-order valence-corrected chi connectivity index (χ4v) is 1.44. The Hall–Kier alpha value is -1.51. The highest BCUT2D eigenvalue weighted by molar-refractivity contribution is 5.95. The SMILES string of the molecule is CCCOc1ccc(C(C)C)cc1C(N)=O. The zero-order chi connectivity index (χ0) is 12.1. The molecule has 0 atom stereocenters. The van der Waals surface area contributed by atoms with Gasteiger partial charge in [-0.2, -0.15) is 0 Å². The third-order valence-corrected chi connectivity index (χ3v) is 2.40. The molecular weight excluding hydrogens is 202 g/mol. The molecule has 1 rings (SSSR count). The molecule has 0 radical (unpaired) electrons. The van der Waals surface area contributed by atoms with Crippen LogP contribution in [0.1, 0.15) is 49.0 Å². The lowest BCUT2D eigenvalue weighted by Gasteiger charge is -2.12. The standard InChI is InChI=1S/C13H19NO2/c1-4-7-16-12-6-5-10(9(2)3)8-11(12)13(14)15/h5-6,8-9H,4,7H2,1-3H3,(H2,14,15). The molecule has 2 N–H and O–H groups in total. The topological polar surface area (TPSA) is 52.3 Å². The fraction of sp³-hybridized carbons (Fsp3) is 0.462. The molecule has 0 aliphatic heterocycles. The number of hydrogen-bond donors (Lipinski definition) is 1. The maximum atomic E-state index is 11.3. The minimum absolute atomic E-state index is 0.373. The molecule has 16 heavy (non-hydrogen) atoms. The summed E-state index contributed by atoms with van der Waals surface area (Å²) in [6.07, 6.45) is 0.907. The molecule has 0 bridgehead atoms. The van der Waals surface area contributed by atoms with Crippen LogP contribution in [0, 0.1) is 0 Å². The van der Waals surface area contributed by atoms with E-state index >= 15 is 0 Å². The van der Waals surface area contributed by atoms with Gasteiger partial charge in [-0.15, -0.1) is 0 Å². The van der Waals surface area contributed by atoms with Crippen molar-refractivity contribution < 1.29 is 9.53 Å². The molecule has 3 heteroatoms. The van der Waals surface area contributed by atoms with Crippen LogP contribution in [0.25, 0.3) is 0 Å². The summed E-state index contributed by atoms with van der Waals surface area (Å²) in [6, 6.07) is 5.62. The fourth-order valence-electron chi connectivity index (χ4n) is 1.44. The lowest BCUT2D eigenvalue weighted by Crippen LogP contribution is -2.14. The largest absolute Gasteiger partial charge is 0.493 e. The molecule has 0 aromatic heterocycles. The summed E-state index contributed by atoms with van der Waals surface area (Å²) in [5.41, 5.74) is 6.90. The van der Waals surface area contributed by atoms with Gasteiger partial charge in [0.05, 0.1) is 12.2 Å². The van der Waals surface area contributed by atoms with Crippen LogP contribution in [-0.4, -0.2) is 12.5 Å². The minimum atomic E-state index is -0.436. The van der Waals surface area contributed by atoms with Gasteiger partial charge in [0.1, 0.15) is 5.75 Å². The number of benzene rings is 1. The highest BCUT2D eigenvalue weighted by Crippen LogP contribution is 2.24. The van der Waals surface area contributed by atoms with Crippen LogP contribution in [-0.2, 0) is 0 Å². The summed E-state index contributed by atoms with van der Waals surface area (Å²) < 4.78 is 5.48. The first-order valence-corrected chi connectivity index (χ1v) is 5.62. The molecule has 1 aromatic rings. The van der Waals surface area contributed by atoms with E-state index in [9.17, 15) is 4.79 Å². The molecular formula is C13H19NO2. The second-order valence-corrected chi connectivity index (χ2v) is 4.12. The summed E-state index contributed by atoms with van der Waals surface area (Å²) in [4.78, 5) is 11.3. The molecule has 0 fully saturated rings. The first-order chi connectivity index (χ1) is 7.56. The van der Waals surface area contributed by atoms with Crippen molar-refractivity contribution in [2.45, 2.75) is 33.1 Å². The molecule has 0 unspecified atom stereocenters. The lowest BCUT2D eigenvalue weighted by atomic mass is 10.00. The van der Waals surface area contributed by atoms with Crippen LogP contribution in [0.4, 0.5) is 0 Å². The summed E-state index contributed by atoms with van der Waals surface area (Å²) in [6.45, 7) is 6.77. The molecule has 3 nitrogen and oxygen atoms in total. The van der Waals surface area contributed by atoms with Gasteiger partial charge in [0.15, 0.2) is 0 Å². The zero-order valence-corrected chi connectivity index (χ0v) is 10.1. The second kappa shape index (κ2) is 5.54. The number of amides is 1. The van der Waals surface area contributed by atoms with Crippen LogP contribution >= 0.6 is 0 Å². The third-order valence-electron chi connectivity index (χ3n) is 2.40. The van der Waals surface area contributed by atoms with Gasteiger partial charge in [-0.05, 0) is 30.0 Å². The van der Waals surface area contributed by atoms with Crippen molar-refractivity contribution >= 4 is 5.91 Å². The van der Waals surface area contributed by atoms with E-state index in [4.69, 9.17) is 10.5 Å². The van der Waals surface area contributed by atoms with E-state index in [1.165, 1.54) is 0 Å². The maximum Gasteiger partial charge on any atom is 0.252 e. The molecule has 88 valence electrons. The Kier molecular flexibility index (Phi) is 4.35. The average Bonchev–Trinajstić information content (AvgIpc) is 2.25. The van der Waals surface area contributed by atoms with Crippen molar-refractivity contribution in [2.75, 3.05) is 6.61 Å². The van der Waals surface area contributed by atoms with E-state index in [0.29, 0.717) is 23.8 Å². The summed E-state index contributed by atoms with van der Waals surface area (Å²) >= 11 is 0. The first-order valence-electron chi connectivity index (χ1n) is 5.62. The highest BCUT2D eigenvalue weighted by atomic mass is 16.5. The van der Waals surface area contributed by atoms with Gasteiger partial charge in [0, 0.05) is 0 Å². The Morgan fingerprint density at radius 2 is 2.12 bits per heavy atom. The number of ether oxygens (including phenoxy) is 1. The molecule has 1 amide bonds. The van der Waals surface area contributed by atoms with Gasteiger partial charge in [-0.3, -0.25) is 4.79 Å². The number of primary amides is 1. The summed E-state index contributed by atoms with van der Waals surface area (Å²) in [7, 11) is 0. The smallest absolute Gasteiger partial charge is 0.252 e. The van der Waals surface area contributed by atoms with Crippen LogP contribution in [0.3, 0.4) is 0 Å². The van der Waals surface area contributed by atoms with Gasteiger partial charge in [0.2, 0.25) is 0 Å². The van der Waals surface area contributed by atoms with Gasteiger partial charge in [-0.25, -0.2) is 0 Å². The van der Waals surface area contributed by atoms with E-state index < -0.39 is 5.91 Å². The maximum absolute atomic E-state index is 11.3. The van der Waals surface area contributed by atoms with Crippen molar-refractivity contribution in [3.05, 3.63) is 29.3 Å². The third kappa shape index (κ3) is 2.99. The molecule has 0 saturated heterocycles. The quantitative estimate of drug-likeness (QED) is 0.831. The van der Waals surface area contributed by atoms with Gasteiger partial charge in [0.25, 0.3) is 5.91 Å². The number of carbonyl (C=O) groups excluding carboxylic acids is 1. The van der Waals surface area contributed by atoms with Gasteiger partial charge >= 0.3 is 0 Å². The van der Waals surface area contributed by atoms with Crippen LogP contribution < -0.4 is 10.5 Å². The number of carbonyl (C=O) groups is 1. The summed E-state index contributed by atoms with van der Waals surface area (Å²) in [5, 5.41) is 0. The Labute approximate surface area is 96.6 Å². The van der Waals surface area contributed by atoms with Crippen LogP contribution in [0.15, 0.2) is 18.2 Å². The lowest BCUT2D eigenvalue weighted by molar-refractivity contribution is 0.0996. The number of rotatable bonds is 5. The Balaban J connectivity index is 3.04. The molecule has 0 aliphatic rings. The minimum Gasteiger partial charge on any atom is -0.493 e. The van der Waals surface area contributed by atoms with Gasteiger partial charge in [-0.1, -0.05) is 26.8 Å². The Morgan fingerprint density at radius 1 is 1.44 bits per heavy atom. The highest BCUT2D eigenvalue weighted by Gasteiger charge is 2.11. The molecule has 0 heterocycles. The predicted octanol–water partition coefficient (Wildman–Crippen LogP) is 2.70. The molecule has 0 aliphatic carbocycles. The summed E-state index contributed by atoms with van der Waals surface area (Å²) in [5.74, 6) is 0.519. The van der Waals surface area contributed by atoms with Crippen LogP contribution in [0.2, 0.25) is 0 Å². The number of hydrogen-bond acceptors (Lipinski definition) is 2. The second-order valence-electron chi connectivity index (χ2n) is 4.12. The Morgan fingerprint density at radius 3 is 2.62 bits per heavy atom. The van der Waals surface area contributed by atoms with Crippen LogP contribution in [0.5, 0.6) is 5.75 Å². The van der Waals surface area contributed by atoms with E-state index in [1.807, 2.05) is 25.1 Å². The first kappa shape index (κ1) is 12.6. The number of nitrogens with two attached hydrogens (primary N) is 1. The van der Waals surface area contributed by atoms with Crippen molar-refractivity contribution in [1.82, 2.24) is 0 Å². The van der Waals surface area contributed by atoms with E-state index in [0.717, 1.165) is 12.0 Å². The van der Waals surface area contributed by atoms with Crippen molar-refractivity contribution in [3.63, 3.8) is 0 Å². The van der Waals surface area contributed by atoms with E-state index in [2.05, 4.69) is 13.8 Å². The molecule has 0 spiro atoms. The molecule has 1 aromatic carbocycles. The predicted molar refractivity (Wildman–Crippen MR) is 64.8 cm³/mol. The van der Waals surface area contributed by atoms with Gasteiger partial charge < -0.3 is 10.5 Å². The molecule has 0 saturated carbocycles. The van der Waals surface area contributed by atoms with Crippen molar-refractivity contribution in [2.24, 2.45) is 5.73 Å². The normalized spacial score (nSPS) is 10.5. The zero-order valence-electron chi connectivity index (χ0n) is 10.1. The average molecular weight is 221 g/mol. The van der Waals surface area contributed by atoms with Crippen molar-refractivity contribution in [3.8, 4) is 5.75 Å². The Bertz CT molecular complexity index is 372.